The first-order valence-electron chi connectivity index (χ1n) is 7.63. The molecule has 3 aromatic carbocycles. The van der Waals surface area contributed by atoms with Gasteiger partial charge in [-0.25, -0.2) is 5.43 Å². The van der Waals surface area contributed by atoms with Gasteiger partial charge in [0.2, 0.25) is 0 Å². The Balaban J connectivity index is 1.62. The summed E-state index contributed by atoms with van der Waals surface area (Å²) in [7, 11) is 0. The maximum absolute atomic E-state index is 12.0. The molecule has 4 nitrogen and oxygen atoms in total. The Morgan fingerprint density at radius 3 is 2.40 bits per heavy atom. The van der Waals surface area contributed by atoms with Gasteiger partial charge in [0, 0.05) is 10.6 Å². The molecule has 0 aromatic heterocycles. The van der Waals surface area contributed by atoms with E-state index in [2.05, 4.69) is 10.5 Å². The Labute approximate surface area is 150 Å². The first-order chi connectivity index (χ1) is 12.2. The largest absolute Gasteiger partial charge is 0.457 e. The molecule has 1 amide bonds. The predicted molar refractivity (Wildman–Crippen MR) is 99.5 cm³/mol. The van der Waals surface area contributed by atoms with E-state index < -0.39 is 0 Å². The van der Waals surface area contributed by atoms with Crippen molar-refractivity contribution in [2.24, 2.45) is 5.10 Å². The number of hydrogen-bond acceptors (Lipinski definition) is 3. The molecule has 0 saturated heterocycles. The van der Waals surface area contributed by atoms with Gasteiger partial charge in [0.05, 0.1) is 6.21 Å². The third kappa shape index (κ3) is 4.93. The van der Waals surface area contributed by atoms with Crippen LogP contribution in [0, 0.1) is 0 Å². The first-order valence-corrected chi connectivity index (χ1v) is 8.00. The van der Waals surface area contributed by atoms with E-state index in [-0.39, 0.29) is 5.91 Å². The summed E-state index contributed by atoms with van der Waals surface area (Å²) in [6.07, 6.45) is 1.56. The zero-order valence-corrected chi connectivity index (χ0v) is 14.0. The molecule has 1 N–H and O–H groups in total. The molecule has 0 unspecified atom stereocenters. The molecule has 0 radical (unpaired) electrons. The van der Waals surface area contributed by atoms with Crippen LogP contribution < -0.4 is 10.2 Å². The molecule has 0 aliphatic carbocycles. The number of nitrogens with one attached hydrogen (secondary N) is 1. The number of benzene rings is 3. The van der Waals surface area contributed by atoms with Crippen molar-refractivity contribution < 1.29 is 9.53 Å². The molecule has 3 rings (SSSR count). The monoisotopic (exact) mass is 350 g/mol. The Bertz CT molecular complexity index is 878. The van der Waals surface area contributed by atoms with E-state index in [4.69, 9.17) is 16.3 Å². The molecule has 25 heavy (non-hydrogen) atoms. The van der Waals surface area contributed by atoms with Crippen molar-refractivity contribution in [3.8, 4) is 11.5 Å². The third-order valence-corrected chi connectivity index (χ3v) is 3.58. The molecule has 124 valence electrons. The maximum Gasteiger partial charge on any atom is 0.271 e. The van der Waals surface area contributed by atoms with Gasteiger partial charge in [0.25, 0.3) is 5.91 Å². The van der Waals surface area contributed by atoms with Crippen LogP contribution in [0.1, 0.15) is 15.9 Å². The number of ether oxygens (including phenoxy) is 1. The van der Waals surface area contributed by atoms with Gasteiger partial charge >= 0.3 is 0 Å². The van der Waals surface area contributed by atoms with Gasteiger partial charge < -0.3 is 4.74 Å². The summed E-state index contributed by atoms with van der Waals surface area (Å²) in [5.74, 6) is 1.15. The van der Waals surface area contributed by atoms with E-state index in [1.807, 2.05) is 54.6 Å². The average Bonchev–Trinajstić information content (AvgIpc) is 2.63. The van der Waals surface area contributed by atoms with Crippen molar-refractivity contribution in [2.75, 3.05) is 0 Å². The lowest BCUT2D eigenvalue weighted by atomic mass is 10.2. The van der Waals surface area contributed by atoms with E-state index in [1.165, 1.54) is 0 Å². The number of nitrogens with zero attached hydrogens (tertiary/aromatic N) is 1. The maximum atomic E-state index is 12.0. The normalized spacial score (nSPS) is 10.6. The fourth-order valence-electron chi connectivity index (χ4n) is 2.11. The smallest absolute Gasteiger partial charge is 0.271 e. The molecule has 0 bridgehead atoms. The highest BCUT2D eigenvalue weighted by Gasteiger charge is 2.03. The van der Waals surface area contributed by atoms with Crippen LogP contribution in [0.25, 0.3) is 0 Å². The summed E-state index contributed by atoms with van der Waals surface area (Å²) in [5.41, 5.74) is 3.78. The van der Waals surface area contributed by atoms with Crippen LogP contribution in [0.2, 0.25) is 5.02 Å². The second-order valence-corrected chi connectivity index (χ2v) is 5.63. The highest BCUT2D eigenvalue weighted by molar-refractivity contribution is 6.30. The summed E-state index contributed by atoms with van der Waals surface area (Å²) < 4.78 is 5.77. The second kappa shape index (κ2) is 8.13. The summed E-state index contributed by atoms with van der Waals surface area (Å²) in [6, 6.07) is 23.5. The topological polar surface area (TPSA) is 50.7 Å². The zero-order valence-electron chi connectivity index (χ0n) is 13.2. The highest BCUT2D eigenvalue weighted by Crippen LogP contribution is 2.21. The third-order valence-electron chi connectivity index (χ3n) is 3.32. The number of para-hydroxylation sites is 1. The Kier molecular flexibility index (Phi) is 5.44. The van der Waals surface area contributed by atoms with Gasteiger partial charge in [-0.1, -0.05) is 41.9 Å². The minimum atomic E-state index is -0.301. The molecule has 0 atom stereocenters. The van der Waals surface area contributed by atoms with Gasteiger partial charge in [0.1, 0.15) is 11.5 Å². The van der Waals surface area contributed by atoms with Crippen LogP contribution in [0.3, 0.4) is 0 Å². The van der Waals surface area contributed by atoms with Crippen molar-refractivity contribution in [1.29, 1.82) is 0 Å². The Morgan fingerprint density at radius 1 is 0.920 bits per heavy atom. The lowest BCUT2D eigenvalue weighted by Crippen LogP contribution is -2.17. The standard InChI is InChI=1S/C20H15ClN2O2/c21-17-11-9-16(10-12-17)20(24)23-22-14-15-5-4-8-19(13-15)25-18-6-2-1-3-7-18/h1-14H,(H,23,24)/b22-14+. The Morgan fingerprint density at radius 2 is 1.64 bits per heavy atom. The summed E-state index contributed by atoms with van der Waals surface area (Å²) in [4.78, 5) is 12.0. The number of hydrazone groups is 1. The van der Waals surface area contributed by atoms with Crippen LogP contribution in [0.5, 0.6) is 11.5 Å². The molecule has 0 fully saturated rings. The predicted octanol–water partition coefficient (Wildman–Crippen LogP) is 4.90. The van der Waals surface area contributed by atoms with Gasteiger partial charge in [-0.2, -0.15) is 5.10 Å². The van der Waals surface area contributed by atoms with Crippen molar-refractivity contribution >= 4 is 23.7 Å². The molecule has 0 aliphatic rings. The fourth-order valence-corrected chi connectivity index (χ4v) is 2.24. The Hall–Kier alpha value is -3.11. The second-order valence-electron chi connectivity index (χ2n) is 5.19. The number of carbonyl (C=O) groups excluding carboxylic acids is 1. The van der Waals surface area contributed by atoms with Crippen molar-refractivity contribution in [2.45, 2.75) is 0 Å². The number of halogens is 1. The fraction of sp³-hybridized carbons (Fsp3) is 0. The minimum absolute atomic E-state index is 0.301. The number of rotatable bonds is 5. The van der Waals surface area contributed by atoms with Crippen LogP contribution in [0.4, 0.5) is 0 Å². The van der Waals surface area contributed by atoms with Crippen molar-refractivity contribution in [1.82, 2.24) is 5.43 Å². The van der Waals surface area contributed by atoms with Gasteiger partial charge in [0.15, 0.2) is 0 Å². The van der Waals surface area contributed by atoms with E-state index >= 15 is 0 Å². The molecular weight excluding hydrogens is 336 g/mol. The summed E-state index contributed by atoms with van der Waals surface area (Å²) in [6.45, 7) is 0. The zero-order chi connectivity index (χ0) is 17.5. The molecular formula is C20H15ClN2O2. The van der Waals surface area contributed by atoms with Crippen LogP contribution in [-0.4, -0.2) is 12.1 Å². The van der Waals surface area contributed by atoms with Gasteiger partial charge in [-0.3, -0.25) is 4.79 Å². The van der Waals surface area contributed by atoms with Crippen LogP contribution >= 0.6 is 11.6 Å². The molecule has 0 saturated carbocycles. The van der Waals surface area contributed by atoms with Gasteiger partial charge in [-0.15, -0.1) is 0 Å². The number of amides is 1. The van der Waals surface area contributed by atoms with E-state index in [9.17, 15) is 4.79 Å². The van der Waals surface area contributed by atoms with Crippen molar-refractivity contribution in [3.05, 3.63) is 95.0 Å². The number of carbonyl (C=O) groups is 1. The molecule has 0 aliphatic heterocycles. The summed E-state index contributed by atoms with van der Waals surface area (Å²) >= 11 is 5.80. The van der Waals surface area contributed by atoms with Crippen molar-refractivity contribution in [3.63, 3.8) is 0 Å². The molecule has 0 heterocycles. The van der Waals surface area contributed by atoms with E-state index in [1.54, 1.807) is 30.5 Å². The first kappa shape index (κ1) is 16.7. The van der Waals surface area contributed by atoms with E-state index in [0.717, 1.165) is 11.3 Å². The highest BCUT2D eigenvalue weighted by atomic mass is 35.5. The van der Waals surface area contributed by atoms with Crippen LogP contribution in [-0.2, 0) is 0 Å². The number of hydrogen-bond donors (Lipinski definition) is 1. The molecule has 0 spiro atoms. The van der Waals surface area contributed by atoms with E-state index in [0.29, 0.717) is 16.3 Å². The minimum Gasteiger partial charge on any atom is -0.457 e. The SMILES string of the molecule is O=C(N/N=C/c1cccc(Oc2ccccc2)c1)c1ccc(Cl)cc1. The quantitative estimate of drug-likeness (QED) is 0.525. The average molecular weight is 351 g/mol. The summed E-state index contributed by atoms with van der Waals surface area (Å²) in [5, 5.41) is 4.55. The molecule has 3 aromatic rings. The van der Waals surface area contributed by atoms with Crippen LogP contribution in [0.15, 0.2) is 84.0 Å². The molecule has 5 heteroatoms. The lowest BCUT2D eigenvalue weighted by Gasteiger charge is -2.05. The van der Waals surface area contributed by atoms with Gasteiger partial charge in [-0.05, 0) is 54.1 Å². The lowest BCUT2D eigenvalue weighted by molar-refractivity contribution is 0.0955.